The molecule has 3 aromatic rings. The molecule has 1 aromatic heterocycles. The van der Waals surface area contributed by atoms with Gasteiger partial charge in [-0.25, -0.2) is 5.01 Å². The molecule has 0 fully saturated rings. The van der Waals surface area contributed by atoms with Crippen LogP contribution in [0.1, 0.15) is 33.3 Å². The van der Waals surface area contributed by atoms with Crippen LogP contribution < -0.4 is 10.1 Å². The lowest BCUT2D eigenvalue weighted by Crippen LogP contribution is -2.37. The number of methoxy groups -OCH3 is 1. The van der Waals surface area contributed by atoms with Gasteiger partial charge in [-0.05, 0) is 35.2 Å². The van der Waals surface area contributed by atoms with E-state index in [0.717, 1.165) is 22.6 Å². The SMILES string of the molecule is COc1ccc([C@@H]2CC(c3ccccc3Cl)=NN2C(=O)CNC(=O)c2cccs2)cc1. The molecule has 31 heavy (non-hydrogen) atoms. The number of carbonyl (C=O) groups is 2. The lowest BCUT2D eigenvalue weighted by atomic mass is 9.98. The number of carbonyl (C=O) groups excluding carboxylic acids is 2. The Bertz CT molecular complexity index is 1110. The van der Waals surface area contributed by atoms with Crippen molar-refractivity contribution in [3.05, 3.63) is 87.1 Å². The summed E-state index contributed by atoms with van der Waals surface area (Å²) in [6, 6.07) is 18.2. The van der Waals surface area contributed by atoms with Crippen LogP contribution in [0.4, 0.5) is 0 Å². The smallest absolute Gasteiger partial charge is 0.262 e. The third kappa shape index (κ3) is 4.62. The molecule has 2 heterocycles. The zero-order valence-corrected chi connectivity index (χ0v) is 18.3. The predicted octanol–water partition coefficient (Wildman–Crippen LogP) is 4.52. The molecular weight excluding hydrogens is 434 g/mol. The molecule has 1 N–H and O–H groups in total. The number of hydrazone groups is 1. The summed E-state index contributed by atoms with van der Waals surface area (Å²) in [6.07, 6.45) is 0.515. The molecule has 0 saturated carbocycles. The van der Waals surface area contributed by atoms with Crippen LogP contribution in [0.2, 0.25) is 5.02 Å². The van der Waals surface area contributed by atoms with Gasteiger partial charge < -0.3 is 10.1 Å². The summed E-state index contributed by atoms with van der Waals surface area (Å²) in [5.74, 6) is 0.154. The average Bonchev–Trinajstić information content (AvgIpc) is 3.48. The topological polar surface area (TPSA) is 71.0 Å². The highest BCUT2D eigenvalue weighted by Gasteiger charge is 2.33. The van der Waals surface area contributed by atoms with Gasteiger partial charge in [0.15, 0.2) is 0 Å². The second-order valence-electron chi connectivity index (χ2n) is 6.92. The molecule has 0 unspecified atom stereocenters. The first-order valence-electron chi connectivity index (χ1n) is 9.67. The first-order valence-corrected chi connectivity index (χ1v) is 10.9. The van der Waals surface area contributed by atoms with Gasteiger partial charge in [0.1, 0.15) is 5.75 Å². The number of nitrogens with one attached hydrogen (secondary N) is 1. The van der Waals surface area contributed by atoms with E-state index in [-0.39, 0.29) is 24.4 Å². The van der Waals surface area contributed by atoms with E-state index < -0.39 is 0 Å². The zero-order chi connectivity index (χ0) is 21.8. The monoisotopic (exact) mass is 453 g/mol. The Kier molecular flexibility index (Phi) is 6.34. The van der Waals surface area contributed by atoms with E-state index in [2.05, 4.69) is 10.4 Å². The molecule has 8 heteroatoms. The third-order valence-electron chi connectivity index (χ3n) is 5.00. The van der Waals surface area contributed by atoms with Crippen molar-refractivity contribution in [3.63, 3.8) is 0 Å². The summed E-state index contributed by atoms with van der Waals surface area (Å²) in [4.78, 5) is 25.8. The van der Waals surface area contributed by atoms with Crippen molar-refractivity contribution in [1.82, 2.24) is 10.3 Å². The van der Waals surface area contributed by atoms with Crippen LogP contribution in [-0.4, -0.2) is 36.2 Å². The van der Waals surface area contributed by atoms with Crippen molar-refractivity contribution in [3.8, 4) is 5.75 Å². The van der Waals surface area contributed by atoms with Crippen molar-refractivity contribution in [2.24, 2.45) is 5.10 Å². The van der Waals surface area contributed by atoms with Gasteiger partial charge in [-0.3, -0.25) is 9.59 Å². The molecule has 0 radical (unpaired) electrons. The molecule has 1 aliphatic heterocycles. The standard InChI is InChI=1S/C23H20ClN3O3S/c1-30-16-10-8-15(9-11-16)20-13-19(17-5-2-3-6-18(17)24)26-27(20)22(28)14-25-23(29)21-7-4-12-31-21/h2-12,20H,13-14H2,1H3,(H,25,29)/t20-/m0/s1. The van der Waals surface area contributed by atoms with Gasteiger partial charge in [0.25, 0.3) is 11.8 Å². The molecule has 0 saturated heterocycles. The minimum absolute atomic E-state index is 0.150. The highest BCUT2D eigenvalue weighted by atomic mass is 35.5. The van der Waals surface area contributed by atoms with Crippen molar-refractivity contribution in [2.75, 3.05) is 13.7 Å². The minimum Gasteiger partial charge on any atom is -0.497 e. The molecule has 0 bridgehead atoms. The number of halogens is 1. The van der Waals surface area contributed by atoms with Crippen molar-refractivity contribution in [2.45, 2.75) is 12.5 Å². The molecule has 2 aromatic carbocycles. The Labute approximate surface area is 189 Å². The fourth-order valence-electron chi connectivity index (χ4n) is 3.42. The quantitative estimate of drug-likeness (QED) is 0.596. The third-order valence-corrected chi connectivity index (χ3v) is 6.19. The molecule has 0 aliphatic carbocycles. The summed E-state index contributed by atoms with van der Waals surface area (Å²) >= 11 is 7.69. The van der Waals surface area contributed by atoms with Gasteiger partial charge in [0, 0.05) is 17.0 Å². The Morgan fingerprint density at radius 3 is 2.61 bits per heavy atom. The van der Waals surface area contributed by atoms with Gasteiger partial charge in [-0.15, -0.1) is 11.3 Å². The van der Waals surface area contributed by atoms with Gasteiger partial charge in [0.05, 0.1) is 30.3 Å². The molecule has 0 spiro atoms. The van der Waals surface area contributed by atoms with Crippen LogP contribution in [0.15, 0.2) is 71.1 Å². The van der Waals surface area contributed by atoms with Crippen molar-refractivity contribution in [1.29, 1.82) is 0 Å². The number of rotatable bonds is 6. The van der Waals surface area contributed by atoms with Gasteiger partial charge in [-0.2, -0.15) is 5.10 Å². The molecule has 1 aliphatic rings. The average molecular weight is 454 g/mol. The van der Waals surface area contributed by atoms with Crippen LogP contribution in [0, 0.1) is 0 Å². The van der Waals surface area contributed by atoms with E-state index >= 15 is 0 Å². The summed E-state index contributed by atoms with van der Waals surface area (Å²) in [7, 11) is 1.61. The lowest BCUT2D eigenvalue weighted by Gasteiger charge is -2.22. The Hall–Kier alpha value is -3.16. The molecular formula is C23H20ClN3O3S. The zero-order valence-electron chi connectivity index (χ0n) is 16.7. The van der Waals surface area contributed by atoms with Gasteiger partial charge in [0.2, 0.25) is 0 Å². The summed E-state index contributed by atoms with van der Waals surface area (Å²) in [5.41, 5.74) is 2.44. The van der Waals surface area contributed by atoms with Crippen LogP contribution in [0.3, 0.4) is 0 Å². The second-order valence-corrected chi connectivity index (χ2v) is 8.27. The fourth-order valence-corrected chi connectivity index (χ4v) is 4.30. The predicted molar refractivity (Wildman–Crippen MR) is 122 cm³/mol. The second kappa shape index (κ2) is 9.32. The Morgan fingerprint density at radius 1 is 1.16 bits per heavy atom. The summed E-state index contributed by atoms with van der Waals surface area (Å²) in [5, 5.41) is 11.1. The van der Waals surface area contributed by atoms with Crippen LogP contribution >= 0.6 is 22.9 Å². The first kappa shape index (κ1) is 21.1. The van der Waals surface area contributed by atoms with E-state index in [4.69, 9.17) is 16.3 Å². The highest BCUT2D eigenvalue weighted by molar-refractivity contribution is 7.12. The highest BCUT2D eigenvalue weighted by Crippen LogP contribution is 2.35. The van der Waals surface area contributed by atoms with E-state index in [0.29, 0.717) is 16.3 Å². The maximum absolute atomic E-state index is 13.0. The number of hydrogen-bond donors (Lipinski definition) is 1. The van der Waals surface area contributed by atoms with Crippen molar-refractivity contribution >= 4 is 40.5 Å². The van der Waals surface area contributed by atoms with Crippen LogP contribution in [-0.2, 0) is 4.79 Å². The van der Waals surface area contributed by atoms with Gasteiger partial charge >= 0.3 is 0 Å². The molecule has 4 rings (SSSR count). The van der Waals surface area contributed by atoms with E-state index in [1.54, 1.807) is 25.3 Å². The number of thiophene rings is 1. The summed E-state index contributed by atoms with van der Waals surface area (Å²) < 4.78 is 5.24. The fraction of sp³-hybridized carbons (Fsp3) is 0.174. The van der Waals surface area contributed by atoms with E-state index in [1.165, 1.54) is 16.3 Å². The van der Waals surface area contributed by atoms with E-state index in [1.807, 2.05) is 47.8 Å². The first-order chi connectivity index (χ1) is 15.1. The Balaban J connectivity index is 1.58. The normalized spacial score (nSPS) is 15.5. The molecule has 158 valence electrons. The minimum atomic E-state index is -0.302. The largest absolute Gasteiger partial charge is 0.497 e. The molecule has 6 nitrogen and oxygen atoms in total. The number of hydrogen-bond acceptors (Lipinski definition) is 5. The lowest BCUT2D eigenvalue weighted by molar-refractivity contribution is -0.131. The molecule has 1 atom stereocenters. The molecule has 2 amide bonds. The van der Waals surface area contributed by atoms with Crippen molar-refractivity contribution < 1.29 is 14.3 Å². The number of ether oxygens (including phenoxy) is 1. The summed E-state index contributed by atoms with van der Waals surface area (Å²) in [6.45, 7) is -0.150. The number of benzene rings is 2. The Morgan fingerprint density at radius 2 is 1.94 bits per heavy atom. The maximum Gasteiger partial charge on any atom is 0.262 e. The van der Waals surface area contributed by atoms with Crippen LogP contribution in [0.25, 0.3) is 0 Å². The van der Waals surface area contributed by atoms with Crippen LogP contribution in [0.5, 0.6) is 5.75 Å². The maximum atomic E-state index is 13.0. The number of nitrogens with zero attached hydrogens (tertiary/aromatic N) is 2. The number of amides is 2. The van der Waals surface area contributed by atoms with E-state index in [9.17, 15) is 9.59 Å². The van der Waals surface area contributed by atoms with Gasteiger partial charge in [-0.1, -0.05) is 48.0 Å².